The second kappa shape index (κ2) is 6.53. The minimum Gasteiger partial charge on any atom is -0.302 e. The molecule has 1 saturated carbocycles. The van der Waals surface area contributed by atoms with Gasteiger partial charge in [-0.05, 0) is 58.0 Å². The number of ketones is 1. The van der Waals surface area contributed by atoms with Crippen molar-refractivity contribution in [2.45, 2.75) is 59.8 Å². The van der Waals surface area contributed by atoms with Crippen molar-refractivity contribution >= 4 is 5.78 Å². The highest BCUT2D eigenvalue weighted by atomic mass is 16.1. The van der Waals surface area contributed by atoms with Gasteiger partial charge in [0.15, 0.2) is 0 Å². The Morgan fingerprint density at radius 1 is 1.29 bits per heavy atom. The third-order valence-corrected chi connectivity index (χ3v) is 3.92. The smallest absolute Gasteiger partial charge is 0.137 e. The lowest BCUT2D eigenvalue weighted by atomic mass is 10.0. The third kappa shape index (κ3) is 4.79. The molecule has 0 aromatic heterocycles. The Balaban J connectivity index is 2.35. The topological polar surface area (TPSA) is 20.3 Å². The average Bonchev–Trinajstić information content (AvgIpc) is 2.98. The van der Waals surface area contributed by atoms with Crippen LogP contribution in [0.3, 0.4) is 0 Å². The Bertz CT molecular complexity index is 243. The molecule has 2 heteroatoms. The Kier molecular flexibility index (Phi) is 5.64. The van der Waals surface area contributed by atoms with E-state index in [1.165, 1.54) is 25.8 Å². The molecule has 2 nitrogen and oxygen atoms in total. The quantitative estimate of drug-likeness (QED) is 0.614. The highest BCUT2D eigenvalue weighted by Crippen LogP contribution is 2.47. The first kappa shape index (κ1) is 14.7. The summed E-state index contributed by atoms with van der Waals surface area (Å²) in [5.74, 6) is 1.20. The maximum atomic E-state index is 11.6. The van der Waals surface area contributed by atoms with Gasteiger partial charge in [0.2, 0.25) is 0 Å². The Morgan fingerprint density at radius 2 is 1.94 bits per heavy atom. The normalized spacial score (nSPS) is 17.8. The summed E-state index contributed by atoms with van der Waals surface area (Å²) in [6, 6.07) is 0. The SMILES string of the molecule is CCCN(CCCC(C)C)CC1(C(C)=O)CC1. The monoisotopic (exact) mass is 239 g/mol. The fourth-order valence-corrected chi connectivity index (χ4v) is 2.51. The van der Waals surface area contributed by atoms with Crippen molar-refractivity contribution in [1.82, 2.24) is 4.90 Å². The Labute approximate surface area is 107 Å². The molecule has 0 bridgehead atoms. The summed E-state index contributed by atoms with van der Waals surface area (Å²) in [4.78, 5) is 14.1. The second-order valence-electron chi connectivity index (χ2n) is 6.15. The number of carbonyl (C=O) groups is 1. The van der Waals surface area contributed by atoms with E-state index in [0.29, 0.717) is 5.78 Å². The molecule has 0 aliphatic heterocycles. The molecule has 0 N–H and O–H groups in total. The first-order valence-corrected chi connectivity index (χ1v) is 7.23. The number of hydrogen-bond donors (Lipinski definition) is 0. The fourth-order valence-electron chi connectivity index (χ4n) is 2.51. The summed E-state index contributed by atoms with van der Waals surface area (Å²) >= 11 is 0. The van der Waals surface area contributed by atoms with Crippen LogP contribution >= 0.6 is 0 Å². The van der Waals surface area contributed by atoms with Crippen LogP contribution in [0.25, 0.3) is 0 Å². The van der Waals surface area contributed by atoms with Crippen LogP contribution in [0.5, 0.6) is 0 Å². The van der Waals surface area contributed by atoms with Gasteiger partial charge >= 0.3 is 0 Å². The lowest BCUT2D eigenvalue weighted by Crippen LogP contribution is -2.35. The molecule has 1 aliphatic carbocycles. The summed E-state index contributed by atoms with van der Waals surface area (Å²) < 4.78 is 0. The van der Waals surface area contributed by atoms with Crippen LogP contribution in [0, 0.1) is 11.3 Å². The molecule has 0 aromatic rings. The largest absolute Gasteiger partial charge is 0.302 e. The van der Waals surface area contributed by atoms with Crippen molar-refractivity contribution in [3.63, 3.8) is 0 Å². The van der Waals surface area contributed by atoms with Gasteiger partial charge in [0.05, 0.1) is 0 Å². The second-order valence-corrected chi connectivity index (χ2v) is 6.15. The number of carbonyl (C=O) groups excluding carboxylic acids is 1. The molecule has 100 valence electrons. The molecule has 1 rings (SSSR count). The predicted octanol–water partition coefficient (Wildman–Crippen LogP) is 3.50. The summed E-state index contributed by atoms with van der Waals surface area (Å²) in [6.45, 7) is 11.9. The first-order chi connectivity index (χ1) is 8.00. The Hall–Kier alpha value is -0.370. The predicted molar refractivity (Wildman–Crippen MR) is 73.2 cm³/mol. The van der Waals surface area contributed by atoms with Crippen LogP contribution in [0.4, 0.5) is 0 Å². The molecule has 17 heavy (non-hydrogen) atoms. The highest BCUT2D eigenvalue weighted by molar-refractivity contribution is 5.85. The van der Waals surface area contributed by atoms with Gasteiger partial charge in [-0.25, -0.2) is 0 Å². The van der Waals surface area contributed by atoms with Crippen molar-refractivity contribution in [2.24, 2.45) is 11.3 Å². The molecule has 1 aliphatic rings. The van der Waals surface area contributed by atoms with E-state index in [2.05, 4.69) is 25.7 Å². The molecule has 0 aromatic carbocycles. The van der Waals surface area contributed by atoms with Gasteiger partial charge in [0.25, 0.3) is 0 Å². The summed E-state index contributed by atoms with van der Waals surface area (Å²) in [7, 11) is 0. The van der Waals surface area contributed by atoms with Gasteiger partial charge in [0, 0.05) is 12.0 Å². The molecule has 0 atom stereocenters. The van der Waals surface area contributed by atoms with Gasteiger partial charge < -0.3 is 4.90 Å². The lowest BCUT2D eigenvalue weighted by molar-refractivity contribution is -0.122. The number of hydrogen-bond acceptors (Lipinski definition) is 2. The van der Waals surface area contributed by atoms with E-state index < -0.39 is 0 Å². The molecular weight excluding hydrogens is 210 g/mol. The molecule has 0 spiro atoms. The van der Waals surface area contributed by atoms with Crippen LogP contribution < -0.4 is 0 Å². The van der Waals surface area contributed by atoms with Crippen LogP contribution in [0.2, 0.25) is 0 Å². The van der Waals surface area contributed by atoms with Gasteiger partial charge in [-0.3, -0.25) is 4.79 Å². The zero-order chi connectivity index (χ0) is 12.9. The van der Waals surface area contributed by atoms with Crippen molar-refractivity contribution in [3.05, 3.63) is 0 Å². The van der Waals surface area contributed by atoms with Crippen LogP contribution in [0.15, 0.2) is 0 Å². The van der Waals surface area contributed by atoms with E-state index in [-0.39, 0.29) is 5.41 Å². The van der Waals surface area contributed by atoms with Crippen molar-refractivity contribution in [1.29, 1.82) is 0 Å². The van der Waals surface area contributed by atoms with Gasteiger partial charge in [0.1, 0.15) is 5.78 Å². The molecular formula is C15H29NO. The third-order valence-electron chi connectivity index (χ3n) is 3.92. The Morgan fingerprint density at radius 3 is 2.35 bits per heavy atom. The molecule has 0 saturated heterocycles. The minimum atomic E-state index is 0.0486. The van der Waals surface area contributed by atoms with E-state index in [0.717, 1.165) is 31.8 Å². The van der Waals surface area contributed by atoms with E-state index in [4.69, 9.17) is 0 Å². The van der Waals surface area contributed by atoms with Crippen LogP contribution in [-0.2, 0) is 4.79 Å². The highest BCUT2D eigenvalue weighted by Gasteiger charge is 2.47. The summed E-state index contributed by atoms with van der Waals surface area (Å²) in [6.07, 6.45) is 5.99. The van der Waals surface area contributed by atoms with Crippen molar-refractivity contribution in [2.75, 3.05) is 19.6 Å². The number of rotatable bonds is 9. The molecule has 0 radical (unpaired) electrons. The molecule has 0 heterocycles. The maximum absolute atomic E-state index is 11.6. The summed E-state index contributed by atoms with van der Waals surface area (Å²) in [5, 5.41) is 0. The standard InChI is InChI=1S/C15H29NO/c1-5-10-16(11-6-7-13(2)3)12-15(8-9-15)14(4)17/h13H,5-12H2,1-4H3. The van der Waals surface area contributed by atoms with E-state index >= 15 is 0 Å². The van der Waals surface area contributed by atoms with Crippen LogP contribution in [-0.4, -0.2) is 30.3 Å². The van der Waals surface area contributed by atoms with Crippen LogP contribution in [0.1, 0.15) is 59.8 Å². The summed E-state index contributed by atoms with van der Waals surface area (Å²) in [5.41, 5.74) is 0.0486. The van der Waals surface area contributed by atoms with Crippen molar-refractivity contribution in [3.8, 4) is 0 Å². The number of nitrogens with zero attached hydrogens (tertiary/aromatic N) is 1. The van der Waals surface area contributed by atoms with E-state index in [9.17, 15) is 4.79 Å². The zero-order valence-electron chi connectivity index (χ0n) is 12.1. The van der Waals surface area contributed by atoms with Gasteiger partial charge in [-0.15, -0.1) is 0 Å². The maximum Gasteiger partial charge on any atom is 0.137 e. The molecule has 1 fully saturated rings. The van der Waals surface area contributed by atoms with E-state index in [1.807, 2.05) is 0 Å². The average molecular weight is 239 g/mol. The first-order valence-electron chi connectivity index (χ1n) is 7.23. The van der Waals surface area contributed by atoms with Crippen molar-refractivity contribution < 1.29 is 4.79 Å². The zero-order valence-corrected chi connectivity index (χ0v) is 12.1. The number of Topliss-reactive ketones (excluding diaryl/α,β-unsaturated/α-hetero) is 1. The minimum absolute atomic E-state index is 0.0486. The lowest BCUT2D eigenvalue weighted by Gasteiger charge is -2.26. The van der Waals surface area contributed by atoms with Gasteiger partial charge in [-0.1, -0.05) is 20.8 Å². The molecule has 0 amide bonds. The van der Waals surface area contributed by atoms with Gasteiger partial charge in [-0.2, -0.15) is 0 Å². The molecule has 0 unspecified atom stereocenters. The van der Waals surface area contributed by atoms with E-state index in [1.54, 1.807) is 6.92 Å². The fraction of sp³-hybridized carbons (Fsp3) is 0.933.